The molecule has 0 saturated heterocycles. The van der Waals surface area contributed by atoms with E-state index >= 15 is 0 Å². The Morgan fingerprint density at radius 1 is 1.71 bits per heavy atom. The van der Waals surface area contributed by atoms with Gasteiger partial charge in [-0.05, 0) is 6.42 Å². The first kappa shape index (κ1) is 10.2. The van der Waals surface area contributed by atoms with Gasteiger partial charge in [0.05, 0.1) is 11.8 Å². The summed E-state index contributed by atoms with van der Waals surface area (Å²) in [5.41, 5.74) is 5.28. The van der Waals surface area contributed by atoms with Gasteiger partial charge in [-0.15, -0.1) is 0 Å². The van der Waals surface area contributed by atoms with Crippen LogP contribution in [0.2, 0.25) is 0 Å². The second-order valence-electron chi connectivity index (χ2n) is 2.49. The Hall–Kier alpha value is -0.310. The molecule has 0 aromatic carbocycles. The van der Waals surface area contributed by atoms with E-state index in [-0.39, 0.29) is 5.75 Å². The van der Waals surface area contributed by atoms with Crippen LogP contribution in [0.4, 0.5) is 0 Å². The van der Waals surface area contributed by atoms with Crippen LogP contribution in [0.1, 0.15) is 9.16 Å². The van der Waals surface area contributed by atoms with Crippen LogP contribution in [-0.4, -0.2) is 42.9 Å². The highest BCUT2D eigenvalue weighted by atomic mass is 32.2. The summed E-state index contributed by atoms with van der Waals surface area (Å²) >= 11 is 3.76. The van der Waals surface area contributed by atoms with E-state index in [9.17, 15) is 13.2 Å². The smallest absolute Gasteiger partial charge is 0.264 e. The number of hydrogen-bond donors (Lipinski definition) is 4. The number of hydrogen-bond acceptors (Lipinski definition) is 5. The van der Waals surface area contributed by atoms with Crippen molar-refractivity contribution in [1.82, 2.24) is 5.32 Å². The Labute approximate surface area is 91.2 Å². The molecular formula is C6H14N2O4S2. The number of carbonyl (C=O) groups is 1. The number of rotatable bonds is 6. The van der Waals surface area contributed by atoms with Crippen molar-refractivity contribution in [1.29, 1.82) is 0 Å². The van der Waals surface area contributed by atoms with Gasteiger partial charge >= 0.3 is 0 Å². The highest BCUT2D eigenvalue weighted by Crippen LogP contribution is 1.88. The summed E-state index contributed by atoms with van der Waals surface area (Å²) in [6.07, 6.45) is -0.559. The van der Waals surface area contributed by atoms with E-state index in [1.54, 1.807) is 0 Å². The Kier molecular flexibility index (Phi) is 4.54. The van der Waals surface area contributed by atoms with Crippen LogP contribution in [-0.2, 0) is 14.9 Å². The predicted molar refractivity (Wildman–Crippen MR) is 55.9 cm³/mol. The quantitative estimate of drug-likeness (QED) is 0.341. The van der Waals surface area contributed by atoms with E-state index in [0.29, 0.717) is 0 Å². The third-order valence-electron chi connectivity index (χ3n) is 1.23. The second-order valence-corrected chi connectivity index (χ2v) is 4.43. The zero-order valence-corrected chi connectivity index (χ0v) is 9.01. The first-order chi connectivity index (χ1) is 7.07. The fourth-order valence-corrected chi connectivity index (χ4v) is 1.03. The van der Waals surface area contributed by atoms with Crippen LogP contribution in [0.5, 0.6) is 0 Å². The molecule has 0 aliphatic rings. The largest absolute Gasteiger partial charge is 0.355 e. The lowest BCUT2D eigenvalue weighted by Crippen LogP contribution is -2.42. The number of nitrogens with two attached hydrogens (primary N) is 1. The van der Waals surface area contributed by atoms with Gasteiger partial charge in [0.15, 0.2) is 0 Å². The number of amides is 1. The molecule has 4 N–H and O–H groups in total. The molecule has 1 unspecified atom stereocenters. The molecule has 0 heterocycles. The SMILES string of the molecule is [2H]C([2H])(CCS(=O)(=O)O)NC(=O)C(N)CS. The third-order valence-corrected chi connectivity index (χ3v) is 2.34. The molecule has 14 heavy (non-hydrogen) atoms. The Morgan fingerprint density at radius 3 is 2.71 bits per heavy atom. The summed E-state index contributed by atoms with van der Waals surface area (Å²) in [6, 6.07) is -0.968. The molecular weight excluding hydrogens is 228 g/mol. The molecule has 0 aliphatic heterocycles. The van der Waals surface area contributed by atoms with E-state index in [1.165, 1.54) is 0 Å². The highest BCUT2D eigenvalue weighted by Gasteiger charge is 2.10. The van der Waals surface area contributed by atoms with Crippen molar-refractivity contribution in [3.05, 3.63) is 0 Å². The fourth-order valence-electron chi connectivity index (χ4n) is 0.505. The Bertz CT molecular complexity index is 346. The predicted octanol–water partition coefficient (Wildman–Crippen LogP) is -1.36. The van der Waals surface area contributed by atoms with Gasteiger partial charge in [-0.2, -0.15) is 21.0 Å². The summed E-state index contributed by atoms with van der Waals surface area (Å²) in [7, 11) is -4.26. The van der Waals surface area contributed by atoms with Gasteiger partial charge in [-0.25, -0.2) is 0 Å². The van der Waals surface area contributed by atoms with E-state index in [2.05, 4.69) is 12.6 Å². The number of thiol groups is 1. The lowest BCUT2D eigenvalue weighted by molar-refractivity contribution is -0.121. The van der Waals surface area contributed by atoms with Gasteiger partial charge in [0.1, 0.15) is 0 Å². The molecule has 0 aliphatic carbocycles. The highest BCUT2D eigenvalue weighted by molar-refractivity contribution is 7.85. The average Bonchev–Trinajstić information content (AvgIpc) is 2.12. The summed E-state index contributed by atoms with van der Waals surface area (Å²) in [5, 5.41) is 1.92. The van der Waals surface area contributed by atoms with Crippen molar-refractivity contribution in [2.24, 2.45) is 5.73 Å². The lowest BCUT2D eigenvalue weighted by atomic mass is 10.3. The summed E-state index contributed by atoms with van der Waals surface area (Å²) in [5.74, 6) is -1.51. The van der Waals surface area contributed by atoms with Gasteiger partial charge in [-0.3, -0.25) is 9.35 Å². The molecule has 1 amide bonds. The topological polar surface area (TPSA) is 109 Å². The Balaban J connectivity index is 4.30. The van der Waals surface area contributed by atoms with Gasteiger partial charge in [0.25, 0.3) is 10.1 Å². The van der Waals surface area contributed by atoms with Gasteiger partial charge in [0.2, 0.25) is 5.91 Å². The zero-order chi connectivity index (χ0) is 13.0. The third kappa shape index (κ3) is 7.13. The second kappa shape index (κ2) is 6.23. The maximum Gasteiger partial charge on any atom is 0.264 e. The fraction of sp³-hybridized carbons (Fsp3) is 0.833. The standard InChI is InChI=1S/C6H14N2O4S2/c7-5(4-13)6(9)8-2-1-3-14(10,11)12/h5,13H,1-4,7H2,(H,8,9)(H,10,11,12)/i2D2. The van der Waals surface area contributed by atoms with Crippen molar-refractivity contribution in [2.45, 2.75) is 12.5 Å². The van der Waals surface area contributed by atoms with E-state index in [4.69, 9.17) is 13.0 Å². The normalized spacial score (nSPS) is 16.8. The van der Waals surface area contributed by atoms with Crippen LogP contribution in [0.15, 0.2) is 0 Å². The molecule has 0 rings (SSSR count). The monoisotopic (exact) mass is 244 g/mol. The maximum absolute atomic E-state index is 11.2. The maximum atomic E-state index is 11.2. The minimum Gasteiger partial charge on any atom is -0.355 e. The first-order valence-electron chi connectivity index (χ1n) is 4.71. The van der Waals surface area contributed by atoms with E-state index in [0.717, 1.165) is 0 Å². The van der Waals surface area contributed by atoms with Gasteiger partial charge in [-0.1, -0.05) is 0 Å². The van der Waals surface area contributed by atoms with Gasteiger partial charge < -0.3 is 11.1 Å². The van der Waals surface area contributed by atoms with Crippen LogP contribution < -0.4 is 11.1 Å². The minimum atomic E-state index is -4.26. The van der Waals surface area contributed by atoms with E-state index < -0.39 is 40.7 Å². The van der Waals surface area contributed by atoms with E-state index in [1.807, 2.05) is 5.32 Å². The van der Waals surface area contributed by atoms with Crippen LogP contribution in [0, 0.1) is 0 Å². The summed E-state index contributed by atoms with van der Waals surface area (Å²) < 4.78 is 43.8. The minimum absolute atomic E-state index is 0.0419. The average molecular weight is 244 g/mol. The Morgan fingerprint density at radius 2 is 2.29 bits per heavy atom. The van der Waals surface area contributed by atoms with Gasteiger partial charge in [0, 0.05) is 15.0 Å². The molecule has 0 aromatic heterocycles. The number of nitrogens with one attached hydrogen (secondary N) is 1. The van der Waals surface area contributed by atoms with Crippen molar-refractivity contribution in [2.75, 3.05) is 18.0 Å². The molecule has 6 nitrogen and oxygen atoms in total. The summed E-state index contributed by atoms with van der Waals surface area (Å²) in [6.45, 7) is -2.24. The van der Waals surface area contributed by atoms with Crippen LogP contribution >= 0.6 is 12.6 Å². The molecule has 0 spiro atoms. The zero-order valence-electron chi connectivity index (χ0n) is 9.30. The molecule has 0 radical (unpaired) electrons. The molecule has 84 valence electrons. The van der Waals surface area contributed by atoms with Crippen LogP contribution in [0.3, 0.4) is 0 Å². The van der Waals surface area contributed by atoms with Crippen molar-refractivity contribution >= 4 is 28.7 Å². The molecule has 0 aromatic rings. The molecule has 0 fully saturated rings. The molecule has 0 bridgehead atoms. The molecule has 1 atom stereocenters. The lowest BCUT2D eigenvalue weighted by Gasteiger charge is -2.08. The summed E-state index contributed by atoms with van der Waals surface area (Å²) in [4.78, 5) is 11.2. The van der Waals surface area contributed by atoms with Crippen molar-refractivity contribution in [3.63, 3.8) is 0 Å². The van der Waals surface area contributed by atoms with Crippen molar-refractivity contribution < 1.29 is 20.5 Å². The number of carbonyl (C=O) groups excluding carboxylic acids is 1. The molecule has 8 heteroatoms. The molecule has 0 saturated carbocycles. The van der Waals surface area contributed by atoms with Crippen molar-refractivity contribution in [3.8, 4) is 0 Å². The first-order valence-corrected chi connectivity index (χ1v) is 5.95. The van der Waals surface area contributed by atoms with Crippen LogP contribution in [0.25, 0.3) is 0 Å².